The first kappa shape index (κ1) is 24.5. The average Bonchev–Trinajstić information content (AvgIpc) is 2.74. The van der Waals surface area contributed by atoms with E-state index in [2.05, 4.69) is 11.4 Å². The Hall–Kier alpha value is -3.12. The molecule has 0 heterocycles. The molecule has 3 aromatic rings. The van der Waals surface area contributed by atoms with Gasteiger partial charge in [-0.05, 0) is 61.6 Å². The van der Waals surface area contributed by atoms with Crippen molar-refractivity contribution in [3.8, 4) is 0 Å². The quantitative estimate of drug-likeness (QED) is 0.481. The van der Waals surface area contributed by atoms with Gasteiger partial charge in [-0.1, -0.05) is 66.2 Å². The molecule has 0 aliphatic carbocycles. The minimum atomic E-state index is -3.46. The average molecular weight is 465 g/mol. The normalized spacial score (nSPS) is 12.2. The summed E-state index contributed by atoms with van der Waals surface area (Å²) in [5.74, 6) is -0.112. The van der Waals surface area contributed by atoms with Gasteiger partial charge >= 0.3 is 0 Å². The molecule has 0 aliphatic heterocycles. The fraction of sp³-hybridized carbons (Fsp3) is 0.296. The van der Waals surface area contributed by atoms with Crippen molar-refractivity contribution in [3.05, 3.63) is 101 Å². The van der Waals surface area contributed by atoms with Crippen molar-refractivity contribution in [1.29, 1.82) is 0 Å². The molecule has 0 aliphatic rings. The van der Waals surface area contributed by atoms with E-state index in [1.807, 2.05) is 87.5 Å². The van der Waals surface area contributed by atoms with Crippen LogP contribution in [-0.2, 0) is 14.8 Å². The Balaban J connectivity index is 1.71. The highest BCUT2D eigenvalue weighted by molar-refractivity contribution is 7.92. The summed E-state index contributed by atoms with van der Waals surface area (Å²) in [4.78, 5) is 12.9. The zero-order valence-electron chi connectivity index (χ0n) is 19.7. The predicted octanol–water partition coefficient (Wildman–Crippen LogP) is 5.06. The molecule has 0 fully saturated rings. The number of hydrogen-bond acceptors (Lipinski definition) is 3. The van der Waals surface area contributed by atoms with Crippen molar-refractivity contribution in [1.82, 2.24) is 5.32 Å². The van der Waals surface area contributed by atoms with E-state index < -0.39 is 10.0 Å². The number of anilines is 1. The van der Waals surface area contributed by atoms with Crippen molar-refractivity contribution in [2.45, 2.75) is 39.7 Å². The minimum Gasteiger partial charge on any atom is -0.345 e. The maximum absolute atomic E-state index is 12.9. The summed E-state index contributed by atoms with van der Waals surface area (Å²) < 4.78 is 26.3. The molecule has 0 unspecified atom stereocenters. The molecule has 33 heavy (non-hydrogen) atoms. The largest absolute Gasteiger partial charge is 0.345 e. The SMILES string of the molecule is Cc1cccc([C@@H](NC(=O)CCCN(c2cc(C)cc(C)c2)S(C)(=O)=O)c2ccccc2)c1. The molecule has 6 heteroatoms. The molecule has 0 saturated carbocycles. The number of nitrogens with zero attached hydrogens (tertiary/aromatic N) is 1. The predicted molar refractivity (Wildman–Crippen MR) is 135 cm³/mol. The molecule has 0 aromatic heterocycles. The Kier molecular flexibility index (Phi) is 7.92. The molecule has 1 atom stereocenters. The Morgan fingerprint density at radius 1 is 0.848 bits per heavy atom. The van der Waals surface area contributed by atoms with E-state index in [0.717, 1.165) is 27.8 Å². The van der Waals surface area contributed by atoms with Gasteiger partial charge in [0.05, 0.1) is 18.0 Å². The second-order valence-electron chi connectivity index (χ2n) is 8.61. The highest BCUT2D eigenvalue weighted by Gasteiger charge is 2.20. The third kappa shape index (κ3) is 6.93. The lowest BCUT2D eigenvalue weighted by Gasteiger charge is -2.24. The third-order valence-corrected chi connectivity index (χ3v) is 6.67. The molecule has 0 radical (unpaired) electrons. The van der Waals surface area contributed by atoms with Crippen molar-refractivity contribution in [2.75, 3.05) is 17.1 Å². The van der Waals surface area contributed by atoms with Crippen LogP contribution < -0.4 is 9.62 Å². The van der Waals surface area contributed by atoms with Crippen molar-refractivity contribution in [3.63, 3.8) is 0 Å². The molecule has 0 bridgehead atoms. The topological polar surface area (TPSA) is 66.5 Å². The molecule has 174 valence electrons. The summed E-state index contributed by atoms with van der Waals surface area (Å²) in [6.07, 6.45) is 1.85. The molecule has 3 rings (SSSR count). The van der Waals surface area contributed by atoms with Gasteiger partial charge in [0.2, 0.25) is 15.9 Å². The number of benzene rings is 3. The zero-order chi connectivity index (χ0) is 24.0. The van der Waals surface area contributed by atoms with Gasteiger partial charge < -0.3 is 5.32 Å². The van der Waals surface area contributed by atoms with Gasteiger partial charge in [0.1, 0.15) is 0 Å². The highest BCUT2D eigenvalue weighted by atomic mass is 32.2. The first-order valence-electron chi connectivity index (χ1n) is 11.1. The molecule has 3 aromatic carbocycles. The molecule has 1 N–H and O–H groups in total. The molecule has 5 nitrogen and oxygen atoms in total. The van der Waals surface area contributed by atoms with Crippen LogP contribution in [0.15, 0.2) is 72.8 Å². The Labute approximate surface area is 197 Å². The number of aryl methyl sites for hydroxylation is 3. The monoisotopic (exact) mass is 464 g/mol. The van der Waals surface area contributed by atoms with Crippen LogP contribution in [0.2, 0.25) is 0 Å². The number of carbonyl (C=O) groups is 1. The number of rotatable bonds is 9. The maximum atomic E-state index is 12.9. The maximum Gasteiger partial charge on any atom is 0.232 e. The summed E-state index contributed by atoms with van der Waals surface area (Å²) in [6.45, 7) is 6.16. The van der Waals surface area contributed by atoms with E-state index >= 15 is 0 Å². The van der Waals surface area contributed by atoms with Gasteiger partial charge in [-0.25, -0.2) is 8.42 Å². The molecule has 0 saturated heterocycles. The van der Waals surface area contributed by atoms with E-state index in [-0.39, 0.29) is 24.9 Å². The van der Waals surface area contributed by atoms with Crippen molar-refractivity contribution < 1.29 is 13.2 Å². The number of sulfonamides is 1. The second kappa shape index (κ2) is 10.7. The van der Waals surface area contributed by atoms with Crippen molar-refractivity contribution in [2.24, 2.45) is 0 Å². The summed E-state index contributed by atoms with van der Waals surface area (Å²) in [7, 11) is -3.46. The van der Waals surface area contributed by atoms with Crippen LogP contribution in [-0.4, -0.2) is 27.1 Å². The van der Waals surface area contributed by atoms with Crippen LogP contribution in [0.1, 0.15) is 46.7 Å². The lowest BCUT2D eigenvalue weighted by molar-refractivity contribution is -0.121. The molecular formula is C27H32N2O3S. The van der Waals surface area contributed by atoms with E-state index in [0.29, 0.717) is 12.1 Å². The van der Waals surface area contributed by atoms with Gasteiger partial charge in [0, 0.05) is 13.0 Å². The highest BCUT2D eigenvalue weighted by Crippen LogP contribution is 2.24. The summed E-state index contributed by atoms with van der Waals surface area (Å²) in [6, 6.07) is 23.4. The third-order valence-electron chi connectivity index (χ3n) is 5.47. The van der Waals surface area contributed by atoms with Gasteiger partial charge in [0.15, 0.2) is 0 Å². The van der Waals surface area contributed by atoms with Crippen LogP contribution in [0.4, 0.5) is 5.69 Å². The van der Waals surface area contributed by atoms with Crippen LogP contribution in [0.5, 0.6) is 0 Å². The summed E-state index contributed by atoms with van der Waals surface area (Å²) in [5.41, 5.74) is 5.78. The fourth-order valence-corrected chi connectivity index (χ4v) is 5.00. The van der Waals surface area contributed by atoms with Gasteiger partial charge in [0.25, 0.3) is 0 Å². The Bertz CT molecular complexity index is 1190. The van der Waals surface area contributed by atoms with Gasteiger partial charge in [-0.15, -0.1) is 0 Å². The van der Waals surface area contributed by atoms with E-state index in [9.17, 15) is 13.2 Å². The summed E-state index contributed by atoms with van der Waals surface area (Å²) in [5, 5.41) is 3.14. The van der Waals surface area contributed by atoms with Crippen molar-refractivity contribution >= 4 is 21.6 Å². The minimum absolute atomic E-state index is 0.112. The van der Waals surface area contributed by atoms with E-state index in [1.54, 1.807) is 0 Å². The second-order valence-corrected chi connectivity index (χ2v) is 10.5. The first-order chi connectivity index (χ1) is 15.6. The molecule has 0 spiro atoms. The number of carbonyl (C=O) groups excluding carboxylic acids is 1. The number of hydrogen-bond donors (Lipinski definition) is 1. The smallest absolute Gasteiger partial charge is 0.232 e. The zero-order valence-corrected chi connectivity index (χ0v) is 20.5. The number of amides is 1. The standard InChI is InChI=1S/C27H32N2O3S/c1-20-10-8-13-24(17-20)27(23-11-6-5-7-12-23)28-26(30)14-9-15-29(33(4,31)32)25-18-21(2)16-22(3)19-25/h5-8,10-13,16-19,27H,9,14-15H2,1-4H3,(H,28,30)/t27-/m0/s1. The van der Waals surface area contributed by atoms with Gasteiger partial charge in [-0.3, -0.25) is 9.10 Å². The van der Waals surface area contributed by atoms with E-state index in [1.165, 1.54) is 10.6 Å². The van der Waals surface area contributed by atoms with Crippen LogP contribution >= 0.6 is 0 Å². The fourth-order valence-electron chi connectivity index (χ4n) is 4.05. The Morgan fingerprint density at radius 3 is 2.09 bits per heavy atom. The van der Waals surface area contributed by atoms with E-state index in [4.69, 9.17) is 0 Å². The first-order valence-corrected chi connectivity index (χ1v) is 13.0. The molecular weight excluding hydrogens is 432 g/mol. The van der Waals surface area contributed by atoms with Gasteiger partial charge in [-0.2, -0.15) is 0 Å². The van der Waals surface area contributed by atoms with Crippen LogP contribution in [0, 0.1) is 20.8 Å². The molecule has 1 amide bonds. The van der Waals surface area contributed by atoms with Crippen LogP contribution in [0.3, 0.4) is 0 Å². The lowest BCUT2D eigenvalue weighted by Crippen LogP contribution is -2.33. The Morgan fingerprint density at radius 2 is 1.48 bits per heavy atom. The lowest BCUT2D eigenvalue weighted by atomic mass is 9.97. The number of nitrogens with one attached hydrogen (secondary N) is 1. The van der Waals surface area contributed by atoms with Crippen LogP contribution in [0.25, 0.3) is 0 Å². The summed E-state index contributed by atoms with van der Waals surface area (Å²) >= 11 is 0.